The highest BCUT2D eigenvalue weighted by atomic mass is 19.4. The van der Waals surface area contributed by atoms with Gasteiger partial charge in [0.1, 0.15) is 11.9 Å². The molecule has 0 aliphatic carbocycles. The molecule has 0 radical (unpaired) electrons. The fraction of sp³-hybridized carbons (Fsp3) is 0.400. The molecule has 3 N–H and O–H groups in total. The topological polar surface area (TPSA) is 146 Å². The van der Waals surface area contributed by atoms with Gasteiger partial charge in [0, 0.05) is 44.1 Å². The van der Waals surface area contributed by atoms with Crippen LogP contribution in [0.25, 0.3) is 10.9 Å². The zero-order chi connectivity index (χ0) is 31.1. The Labute approximate surface area is 228 Å². The second-order valence-corrected chi connectivity index (χ2v) is 8.96. The van der Waals surface area contributed by atoms with Gasteiger partial charge in [-0.2, -0.15) is 26.3 Å². The lowest BCUT2D eigenvalue weighted by Gasteiger charge is -2.34. The second-order valence-electron chi connectivity index (χ2n) is 8.96. The third kappa shape index (κ3) is 9.16. The number of carboxylic acid groups (broad SMARTS) is 2. The quantitative estimate of drug-likeness (QED) is 0.385. The predicted octanol–water partition coefficient (Wildman–Crippen LogP) is 4.13. The number of pyridine rings is 1. The van der Waals surface area contributed by atoms with E-state index in [1.54, 1.807) is 18.5 Å². The number of aliphatic hydroxyl groups is 1. The summed E-state index contributed by atoms with van der Waals surface area (Å²) in [6.45, 7) is 3.30. The first-order valence-electron chi connectivity index (χ1n) is 11.8. The number of alkyl halides is 6. The number of aryl methyl sites for hydroxylation is 2. The van der Waals surface area contributed by atoms with E-state index in [2.05, 4.69) is 9.97 Å². The number of amides is 1. The second kappa shape index (κ2) is 13.4. The standard InChI is InChI=1S/C21H24N4O2.2C2HF3O2/c1-14-3-4-18-17(13-14)16(5-8-22-18)21(27)25-10-6-15(7-11-25)19(26)20-23-9-12-24(20)2;2*3-2(4,5)1(6)7/h3-5,8-9,12-13,15,19,26H,6-7,10-11H2,1-2H3;2*(H,6,7). The number of aromatic nitrogens is 3. The van der Waals surface area contributed by atoms with Crippen LogP contribution in [-0.2, 0) is 16.6 Å². The van der Waals surface area contributed by atoms with E-state index in [-0.39, 0.29) is 11.8 Å². The summed E-state index contributed by atoms with van der Waals surface area (Å²) in [5.74, 6) is -4.67. The number of aliphatic carboxylic acids is 2. The Morgan fingerprint density at radius 3 is 1.93 bits per heavy atom. The summed E-state index contributed by atoms with van der Waals surface area (Å²) in [7, 11) is 1.89. The van der Waals surface area contributed by atoms with Gasteiger partial charge in [-0.15, -0.1) is 0 Å². The van der Waals surface area contributed by atoms with Gasteiger partial charge >= 0.3 is 24.3 Å². The van der Waals surface area contributed by atoms with E-state index in [9.17, 15) is 36.2 Å². The van der Waals surface area contributed by atoms with E-state index in [0.29, 0.717) is 24.5 Å². The minimum absolute atomic E-state index is 0.0398. The van der Waals surface area contributed by atoms with Crippen molar-refractivity contribution in [2.75, 3.05) is 13.1 Å². The van der Waals surface area contributed by atoms with Gasteiger partial charge in [0.2, 0.25) is 0 Å². The monoisotopic (exact) mass is 592 g/mol. The molecule has 1 fully saturated rings. The van der Waals surface area contributed by atoms with Gasteiger partial charge in [0.05, 0.1) is 11.1 Å². The first-order chi connectivity index (χ1) is 18.9. The molecule has 1 aliphatic rings. The van der Waals surface area contributed by atoms with Gasteiger partial charge in [-0.05, 0) is 43.9 Å². The molecule has 4 rings (SSSR count). The minimum atomic E-state index is -5.08. The maximum atomic E-state index is 13.1. The molecule has 1 atom stereocenters. The van der Waals surface area contributed by atoms with Crippen molar-refractivity contribution < 1.29 is 56.0 Å². The zero-order valence-corrected chi connectivity index (χ0v) is 21.6. The molecule has 1 amide bonds. The summed E-state index contributed by atoms with van der Waals surface area (Å²) in [6.07, 6.45) is -3.99. The van der Waals surface area contributed by atoms with E-state index < -0.39 is 30.4 Å². The molecule has 3 aromatic rings. The fourth-order valence-corrected chi connectivity index (χ4v) is 3.91. The van der Waals surface area contributed by atoms with Crippen molar-refractivity contribution in [1.29, 1.82) is 0 Å². The zero-order valence-electron chi connectivity index (χ0n) is 21.6. The Morgan fingerprint density at radius 2 is 1.46 bits per heavy atom. The maximum absolute atomic E-state index is 13.1. The Bertz CT molecular complexity index is 1340. The lowest BCUT2D eigenvalue weighted by molar-refractivity contribution is -0.193. The lowest BCUT2D eigenvalue weighted by Crippen LogP contribution is -2.40. The van der Waals surface area contributed by atoms with Crippen LogP contribution >= 0.6 is 0 Å². The summed E-state index contributed by atoms with van der Waals surface area (Å²) >= 11 is 0. The number of carbonyl (C=O) groups excluding carboxylic acids is 1. The van der Waals surface area contributed by atoms with Crippen molar-refractivity contribution in [1.82, 2.24) is 19.4 Å². The number of piperidine rings is 1. The molecule has 16 heteroatoms. The van der Waals surface area contributed by atoms with Gasteiger partial charge in [0.15, 0.2) is 0 Å². The molecule has 3 heterocycles. The number of nitrogens with zero attached hydrogens (tertiary/aromatic N) is 4. The normalized spacial score (nSPS) is 14.8. The van der Waals surface area contributed by atoms with Gasteiger partial charge in [-0.1, -0.05) is 11.6 Å². The molecule has 0 spiro atoms. The van der Waals surface area contributed by atoms with Crippen molar-refractivity contribution >= 4 is 28.7 Å². The van der Waals surface area contributed by atoms with E-state index in [0.717, 1.165) is 29.3 Å². The number of aliphatic hydroxyl groups excluding tert-OH is 1. The van der Waals surface area contributed by atoms with E-state index in [1.165, 1.54) is 0 Å². The smallest absolute Gasteiger partial charge is 0.475 e. The van der Waals surface area contributed by atoms with Gasteiger partial charge in [-0.25, -0.2) is 14.6 Å². The molecule has 0 saturated carbocycles. The number of rotatable bonds is 3. The molecule has 1 unspecified atom stereocenters. The highest BCUT2D eigenvalue weighted by Gasteiger charge is 2.39. The number of halogens is 6. The predicted molar refractivity (Wildman–Crippen MR) is 131 cm³/mol. The summed E-state index contributed by atoms with van der Waals surface area (Å²) in [6, 6.07) is 7.79. The van der Waals surface area contributed by atoms with E-state index in [4.69, 9.17) is 19.8 Å². The first kappa shape index (κ1) is 33.0. The number of imidazole rings is 1. The summed E-state index contributed by atoms with van der Waals surface area (Å²) in [4.78, 5) is 41.4. The molecule has 1 aromatic carbocycles. The van der Waals surface area contributed by atoms with Gasteiger partial charge in [-0.3, -0.25) is 9.78 Å². The molecule has 1 saturated heterocycles. The molecular formula is C25H26F6N4O6. The van der Waals surface area contributed by atoms with Crippen LogP contribution in [-0.4, -0.2) is 78.0 Å². The van der Waals surface area contributed by atoms with Crippen LogP contribution in [0.1, 0.15) is 40.7 Å². The van der Waals surface area contributed by atoms with Crippen molar-refractivity contribution in [3.05, 3.63) is 59.8 Å². The number of hydrogen-bond donors (Lipinski definition) is 3. The van der Waals surface area contributed by atoms with Crippen molar-refractivity contribution in [2.45, 2.75) is 38.2 Å². The average Bonchev–Trinajstić information content (AvgIpc) is 3.33. The lowest BCUT2D eigenvalue weighted by atomic mass is 9.90. The fourth-order valence-electron chi connectivity index (χ4n) is 3.91. The first-order valence-corrected chi connectivity index (χ1v) is 11.8. The van der Waals surface area contributed by atoms with E-state index in [1.807, 2.05) is 47.8 Å². The molecule has 1 aliphatic heterocycles. The van der Waals surface area contributed by atoms with Crippen LogP contribution in [0.4, 0.5) is 26.3 Å². The number of carbonyl (C=O) groups is 3. The average molecular weight is 592 g/mol. The van der Waals surface area contributed by atoms with Crippen LogP contribution in [0.3, 0.4) is 0 Å². The Kier molecular flexibility index (Phi) is 10.8. The van der Waals surface area contributed by atoms with Crippen molar-refractivity contribution in [3.63, 3.8) is 0 Å². The summed E-state index contributed by atoms with van der Waals surface area (Å²) in [5, 5.41) is 25.8. The molecule has 41 heavy (non-hydrogen) atoms. The molecule has 224 valence electrons. The largest absolute Gasteiger partial charge is 0.490 e. The van der Waals surface area contributed by atoms with Crippen LogP contribution in [0.5, 0.6) is 0 Å². The summed E-state index contributed by atoms with van der Waals surface area (Å²) < 4.78 is 65.3. The van der Waals surface area contributed by atoms with Crippen molar-refractivity contribution in [2.24, 2.45) is 13.0 Å². The molecule has 10 nitrogen and oxygen atoms in total. The Morgan fingerprint density at radius 1 is 0.927 bits per heavy atom. The molecular weight excluding hydrogens is 566 g/mol. The highest BCUT2D eigenvalue weighted by Crippen LogP contribution is 2.31. The highest BCUT2D eigenvalue weighted by molar-refractivity contribution is 6.06. The summed E-state index contributed by atoms with van der Waals surface area (Å²) in [5.41, 5.74) is 2.65. The third-order valence-corrected chi connectivity index (χ3v) is 6.01. The van der Waals surface area contributed by atoms with Crippen LogP contribution in [0.15, 0.2) is 42.9 Å². The number of fused-ring (bicyclic) bond motifs is 1. The van der Waals surface area contributed by atoms with Gasteiger partial charge < -0.3 is 24.8 Å². The molecule has 0 bridgehead atoms. The number of benzene rings is 1. The Hall–Kier alpha value is -4.21. The van der Waals surface area contributed by atoms with Crippen molar-refractivity contribution in [3.8, 4) is 0 Å². The number of hydrogen-bond acceptors (Lipinski definition) is 6. The van der Waals surface area contributed by atoms with Gasteiger partial charge in [0.25, 0.3) is 5.91 Å². The molecule has 2 aromatic heterocycles. The van der Waals surface area contributed by atoms with Crippen LogP contribution in [0.2, 0.25) is 0 Å². The number of likely N-dealkylation sites (tertiary alicyclic amines) is 1. The van der Waals surface area contributed by atoms with Crippen LogP contribution < -0.4 is 0 Å². The van der Waals surface area contributed by atoms with Crippen LogP contribution in [0, 0.1) is 12.8 Å². The number of carboxylic acids is 2. The maximum Gasteiger partial charge on any atom is 0.490 e. The Balaban J connectivity index is 0.000000349. The SMILES string of the molecule is Cc1ccc2nccc(C(=O)N3CCC(C(O)c4nccn4C)CC3)c2c1.O=C(O)C(F)(F)F.O=C(O)C(F)(F)F. The van der Waals surface area contributed by atoms with E-state index >= 15 is 0 Å². The third-order valence-electron chi connectivity index (χ3n) is 6.01. The minimum Gasteiger partial charge on any atom is -0.475 e.